The van der Waals surface area contributed by atoms with E-state index in [2.05, 4.69) is 10.2 Å². The average Bonchev–Trinajstić information content (AvgIpc) is 2.63. The lowest BCUT2D eigenvalue weighted by atomic mass is 10.4. The van der Waals surface area contributed by atoms with Gasteiger partial charge in [-0.3, -0.25) is 20.4 Å². The lowest BCUT2D eigenvalue weighted by Crippen LogP contribution is -2.49. The number of nitrogens with one attached hydrogen (secondary N) is 2. The van der Waals surface area contributed by atoms with Crippen LogP contribution in [0.25, 0.3) is 0 Å². The normalized spacial score (nSPS) is 10.9. The van der Waals surface area contributed by atoms with Gasteiger partial charge in [-0.15, -0.1) is 0 Å². The summed E-state index contributed by atoms with van der Waals surface area (Å²) in [5.41, 5.74) is 9.87. The zero-order valence-corrected chi connectivity index (χ0v) is 10.1. The third-order valence-electron chi connectivity index (χ3n) is 1.89. The highest BCUT2D eigenvalue weighted by Gasteiger charge is 2.19. The molecule has 19 heavy (non-hydrogen) atoms. The standard InChI is InChI=1S/C8H11N7O4/c1-4-3-5(2)14(12-4)7(17)6(16)10-11-8(9)13-15(18)19/h3H,1-2H3,(H,10,16)(H3,9,11,13). The topological polar surface area (TPSA) is 158 Å². The second-order valence-corrected chi connectivity index (χ2v) is 3.45. The van der Waals surface area contributed by atoms with Crippen LogP contribution in [0.1, 0.15) is 16.2 Å². The largest absolute Gasteiger partial charge is 0.363 e. The molecule has 1 aromatic rings. The summed E-state index contributed by atoms with van der Waals surface area (Å²) in [6.45, 7) is 3.26. The number of carbonyl (C=O) groups excluding carboxylic acids is 2. The van der Waals surface area contributed by atoms with Crippen LogP contribution in [-0.2, 0) is 4.79 Å². The Labute approximate surface area is 106 Å². The van der Waals surface area contributed by atoms with Gasteiger partial charge >= 0.3 is 11.8 Å². The minimum Gasteiger partial charge on any atom is -0.363 e. The first-order chi connectivity index (χ1) is 8.81. The van der Waals surface area contributed by atoms with Gasteiger partial charge in [0.05, 0.1) is 5.69 Å². The summed E-state index contributed by atoms with van der Waals surface area (Å²) < 4.78 is 0.896. The molecule has 1 aromatic heterocycles. The van der Waals surface area contributed by atoms with Gasteiger partial charge < -0.3 is 5.73 Å². The lowest BCUT2D eigenvalue weighted by Gasteiger charge is -2.05. The van der Waals surface area contributed by atoms with Crippen molar-refractivity contribution in [2.75, 3.05) is 0 Å². The van der Waals surface area contributed by atoms with Crippen LogP contribution in [0.2, 0.25) is 0 Å². The summed E-state index contributed by atoms with van der Waals surface area (Å²) in [4.78, 5) is 33.0. The van der Waals surface area contributed by atoms with E-state index in [0.29, 0.717) is 11.4 Å². The zero-order valence-electron chi connectivity index (χ0n) is 10.1. The van der Waals surface area contributed by atoms with E-state index in [9.17, 15) is 19.7 Å². The summed E-state index contributed by atoms with van der Waals surface area (Å²) in [7, 11) is 0. The van der Waals surface area contributed by atoms with Crippen molar-refractivity contribution in [3.8, 4) is 0 Å². The Morgan fingerprint density at radius 1 is 1.47 bits per heavy atom. The molecule has 0 fully saturated rings. The van der Waals surface area contributed by atoms with Crippen LogP contribution in [0.3, 0.4) is 0 Å². The van der Waals surface area contributed by atoms with E-state index < -0.39 is 22.8 Å². The number of aromatic nitrogens is 2. The van der Waals surface area contributed by atoms with Crippen molar-refractivity contribution in [1.29, 1.82) is 0 Å². The number of hydrazine groups is 1. The number of amides is 1. The molecule has 1 amide bonds. The van der Waals surface area contributed by atoms with Gasteiger partial charge in [-0.1, -0.05) is 0 Å². The number of hydrazone groups is 1. The molecule has 0 aromatic carbocycles. The molecule has 0 atom stereocenters. The van der Waals surface area contributed by atoms with E-state index in [0.717, 1.165) is 4.68 Å². The minimum atomic E-state index is -1.09. The number of rotatable bonds is 1. The SMILES string of the molecule is Cc1cc(C)n(C(=O)C(=O)NN/C(N)=N/[N+](=O)[O-])n1. The van der Waals surface area contributed by atoms with Crippen molar-refractivity contribution < 1.29 is 14.6 Å². The number of guanidine groups is 1. The van der Waals surface area contributed by atoms with Gasteiger partial charge in [0.25, 0.3) is 5.96 Å². The average molecular weight is 269 g/mol. The van der Waals surface area contributed by atoms with E-state index in [-0.39, 0.29) is 0 Å². The Bertz CT molecular complexity index is 561. The molecule has 0 bridgehead atoms. The first-order valence-electron chi connectivity index (χ1n) is 4.93. The summed E-state index contributed by atoms with van der Waals surface area (Å²) >= 11 is 0. The van der Waals surface area contributed by atoms with E-state index in [1.54, 1.807) is 19.9 Å². The van der Waals surface area contributed by atoms with Crippen LogP contribution in [0.4, 0.5) is 0 Å². The van der Waals surface area contributed by atoms with Crippen molar-refractivity contribution in [2.24, 2.45) is 10.8 Å². The quantitative estimate of drug-likeness (QED) is 0.179. The Hall–Kier alpha value is -2.98. The van der Waals surface area contributed by atoms with Crippen molar-refractivity contribution in [2.45, 2.75) is 13.8 Å². The Balaban J connectivity index is 2.67. The molecule has 0 saturated heterocycles. The van der Waals surface area contributed by atoms with Gasteiger partial charge in [0.15, 0.2) is 5.03 Å². The molecule has 11 heteroatoms. The number of nitrogens with zero attached hydrogens (tertiary/aromatic N) is 4. The fourth-order valence-electron chi connectivity index (χ4n) is 1.22. The molecule has 0 spiro atoms. The van der Waals surface area contributed by atoms with Gasteiger partial charge in [-0.25, -0.2) is 10.1 Å². The lowest BCUT2D eigenvalue weighted by molar-refractivity contribution is -0.485. The highest BCUT2D eigenvalue weighted by Crippen LogP contribution is 2.00. The van der Waals surface area contributed by atoms with Crippen molar-refractivity contribution in [3.63, 3.8) is 0 Å². The highest BCUT2D eigenvalue weighted by atomic mass is 16.7. The van der Waals surface area contributed by atoms with Crippen LogP contribution in [-0.4, -0.2) is 32.6 Å². The molecule has 0 aliphatic heterocycles. The Morgan fingerprint density at radius 3 is 2.58 bits per heavy atom. The zero-order chi connectivity index (χ0) is 14.6. The predicted molar refractivity (Wildman–Crippen MR) is 62.2 cm³/mol. The van der Waals surface area contributed by atoms with Crippen LogP contribution >= 0.6 is 0 Å². The monoisotopic (exact) mass is 269 g/mol. The van der Waals surface area contributed by atoms with E-state index in [1.807, 2.05) is 10.9 Å². The molecule has 1 rings (SSSR count). The second kappa shape index (κ2) is 5.57. The molecule has 0 aliphatic carbocycles. The van der Waals surface area contributed by atoms with Gasteiger partial charge in [0, 0.05) is 5.69 Å². The number of carbonyl (C=O) groups is 2. The fraction of sp³-hybridized carbons (Fsp3) is 0.250. The molecule has 11 nitrogen and oxygen atoms in total. The summed E-state index contributed by atoms with van der Waals surface area (Å²) in [5.74, 6) is -2.72. The van der Waals surface area contributed by atoms with Crippen LogP contribution in [0, 0.1) is 24.0 Å². The van der Waals surface area contributed by atoms with Crippen molar-refractivity contribution in [1.82, 2.24) is 20.6 Å². The molecular formula is C8H11N7O4. The molecule has 1 heterocycles. The molecule has 4 N–H and O–H groups in total. The number of hydrogen-bond donors (Lipinski definition) is 3. The number of aryl methyl sites for hydroxylation is 2. The maximum absolute atomic E-state index is 11.6. The van der Waals surface area contributed by atoms with E-state index in [1.165, 1.54) is 0 Å². The number of nitro groups is 1. The number of nitrogens with two attached hydrogens (primary N) is 1. The first kappa shape index (κ1) is 14.1. The van der Waals surface area contributed by atoms with Crippen molar-refractivity contribution >= 4 is 17.8 Å². The van der Waals surface area contributed by atoms with Crippen LogP contribution in [0.15, 0.2) is 11.2 Å². The van der Waals surface area contributed by atoms with Gasteiger partial charge in [-0.2, -0.15) is 9.78 Å². The highest BCUT2D eigenvalue weighted by molar-refractivity contribution is 6.35. The molecule has 0 saturated carbocycles. The summed E-state index contributed by atoms with van der Waals surface area (Å²) in [5, 5.41) is 15.4. The second-order valence-electron chi connectivity index (χ2n) is 3.45. The smallest absolute Gasteiger partial charge is 0.338 e. The molecular weight excluding hydrogens is 258 g/mol. The Morgan fingerprint density at radius 2 is 2.11 bits per heavy atom. The summed E-state index contributed by atoms with van der Waals surface area (Å²) in [6.07, 6.45) is 0. The first-order valence-corrected chi connectivity index (χ1v) is 4.93. The maximum Gasteiger partial charge on any atom is 0.338 e. The van der Waals surface area contributed by atoms with Gasteiger partial charge in [0.2, 0.25) is 0 Å². The molecule has 0 aliphatic rings. The molecule has 102 valence electrons. The third kappa shape index (κ3) is 3.76. The van der Waals surface area contributed by atoms with Gasteiger partial charge in [-0.05, 0) is 19.9 Å². The predicted octanol–water partition coefficient (Wildman–Crippen LogP) is -1.73. The maximum atomic E-state index is 11.6. The van der Waals surface area contributed by atoms with Gasteiger partial charge in [0.1, 0.15) is 5.10 Å². The minimum absolute atomic E-state index is 0.476. The van der Waals surface area contributed by atoms with E-state index >= 15 is 0 Å². The Kier molecular flexibility index (Phi) is 4.13. The number of hydrogen-bond acceptors (Lipinski definition) is 5. The van der Waals surface area contributed by atoms with Crippen LogP contribution in [0.5, 0.6) is 0 Å². The van der Waals surface area contributed by atoms with Crippen LogP contribution < -0.4 is 16.6 Å². The third-order valence-corrected chi connectivity index (χ3v) is 1.89. The molecule has 0 unspecified atom stereocenters. The fourth-order valence-corrected chi connectivity index (χ4v) is 1.22. The van der Waals surface area contributed by atoms with E-state index in [4.69, 9.17) is 5.73 Å². The molecule has 0 radical (unpaired) electrons. The summed E-state index contributed by atoms with van der Waals surface area (Å²) in [6, 6.07) is 1.61. The van der Waals surface area contributed by atoms with Crippen molar-refractivity contribution in [3.05, 3.63) is 27.6 Å².